The van der Waals surface area contributed by atoms with Gasteiger partial charge in [0, 0.05) is 20.1 Å². The van der Waals surface area contributed by atoms with Gasteiger partial charge in [-0.3, -0.25) is 19.1 Å². The molecule has 33 heavy (non-hydrogen) atoms. The fraction of sp³-hybridized carbons (Fsp3) is 0.500. The number of anilines is 2. The summed E-state index contributed by atoms with van der Waals surface area (Å²) in [6, 6.07) is 7.77. The van der Waals surface area contributed by atoms with Gasteiger partial charge >= 0.3 is 5.69 Å². The standard InChI is InChI=1S/C22H33N5O5S/c1-5-6-13-27-20(23)19(21(29)24-22(27)30)26(14-12-16(2)3)18(28)15-25(4)33(31,32)17-10-8-7-9-11-17/h7-11,16H,5-6,12-15,23H2,1-4H3,(H,24,29,30). The highest BCUT2D eigenvalue weighted by Gasteiger charge is 2.29. The van der Waals surface area contributed by atoms with Gasteiger partial charge in [-0.25, -0.2) is 13.2 Å². The Balaban J connectivity index is 2.45. The molecule has 0 radical (unpaired) electrons. The molecule has 1 aromatic carbocycles. The molecule has 11 heteroatoms. The maximum atomic E-state index is 13.3. The summed E-state index contributed by atoms with van der Waals surface area (Å²) < 4.78 is 27.9. The number of amides is 1. The van der Waals surface area contributed by atoms with Crippen LogP contribution in [0.25, 0.3) is 0 Å². The summed E-state index contributed by atoms with van der Waals surface area (Å²) in [4.78, 5) is 41.7. The van der Waals surface area contributed by atoms with E-state index in [1.807, 2.05) is 20.8 Å². The van der Waals surface area contributed by atoms with Crippen molar-refractivity contribution >= 4 is 27.4 Å². The Kier molecular flexibility index (Phi) is 9.00. The molecule has 2 rings (SSSR count). The fourth-order valence-electron chi connectivity index (χ4n) is 3.26. The van der Waals surface area contributed by atoms with Gasteiger partial charge in [0.1, 0.15) is 5.82 Å². The first-order valence-electron chi connectivity index (χ1n) is 10.9. The number of carbonyl (C=O) groups excluding carboxylic acids is 1. The van der Waals surface area contributed by atoms with Gasteiger partial charge in [0.25, 0.3) is 5.56 Å². The number of nitrogens with zero attached hydrogens (tertiary/aromatic N) is 3. The number of H-pyrrole nitrogens is 1. The lowest BCUT2D eigenvalue weighted by Gasteiger charge is -2.27. The number of nitrogens with two attached hydrogens (primary N) is 1. The number of aromatic nitrogens is 2. The summed E-state index contributed by atoms with van der Waals surface area (Å²) in [6.07, 6.45) is 2.01. The Morgan fingerprint density at radius 1 is 1.18 bits per heavy atom. The molecule has 0 aliphatic heterocycles. The average Bonchev–Trinajstić information content (AvgIpc) is 2.75. The van der Waals surface area contributed by atoms with E-state index in [4.69, 9.17) is 5.73 Å². The van der Waals surface area contributed by atoms with Crippen molar-refractivity contribution in [2.24, 2.45) is 5.92 Å². The largest absolute Gasteiger partial charge is 0.383 e. The van der Waals surface area contributed by atoms with Crippen LogP contribution in [0.2, 0.25) is 0 Å². The van der Waals surface area contributed by atoms with Crippen LogP contribution in [0.15, 0.2) is 44.8 Å². The molecule has 0 bridgehead atoms. The van der Waals surface area contributed by atoms with Crippen molar-refractivity contribution in [3.8, 4) is 0 Å². The third-order valence-electron chi connectivity index (χ3n) is 5.26. The SMILES string of the molecule is CCCCn1c(N)c(N(CCC(C)C)C(=O)CN(C)S(=O)(=O)c2ccccc2)c(=O)[nH]c1=O. The molecule has 0 unspecified atom stereocenters. The topological polar surface area (TPSA) is 139 Å². The van der Waals surface area contributed by atoms with Crippen molar-refractivity contribution in [1.29, 1.82) is 0 Å². The minimum atomic E-state index is -3.91. The molecule has 0 atom stereocenters. The molecule has 1 amide bonds. The number of carbonyl (C=O) groups is 1. The number of sulfonamides is 1. The van der Waals surface area contributed by atoms with Crippen LogP contribution < -0.4 is 21.9 Å². The van der Waals surface area contributed by atoms with E-state index < -0.39 is 33.7 Å². The van der Waals surface area contributed by atoms with Crippen LogP contribution in [-0.4, -0.2) is 48.3 Å². The van der Waals surface area contributed by atoms with E-state index >= 15 is 0 Å². The van der Waals surface area contributed by atoms with Crippen LogP contribution >= 0.6 is 0 Å². The van der Waals surface area contributed by atoms with E-state index in [2.05, 4.69) is 4.98 Å². The first-order valence-corrected chi connectivity index (χ1v) is 12.4. The molecule has 1 heterocycles. The van der Waals surface area contributed by atoms with Crippen molar-refractivity contribution in [2.75, 3.05) is 30.8 Å². The third-order valence-corrected chi connectivity index (χ3v) is 7.08. The second kappa shape index (κ2) is 11.3. The summed E-state index contributed by atoms with van der Waals surface area (Å²) >= 11 is 0. The fourth-order valence-corrected chi connectivity index (χ4v) is 4.40. The van der Waals surface area contributed by atoms with Gasteiger partial charge in [-0.2, -0.15) is 4.31 Å². The number of nitrogens with one attached hydrogen (secondary N) is 1. The highest BCUT2D eigenvalue weighted by atomic mass is 32.2. The zero-order chi connectivity index (χ0) is 24.8. The third kappa shape index (κ3) is 6.32. The number of benzene rings is 1. The molecule has 10 nitrogen and oxygen atoms in total. The predicted octanol–water partition coefficient (Wildman–Crippen LogP) is 1.62. The monoisotopic (exact) mass is 479 g/mol. The van der Waals surface area contributed by atoms with Crippen molar-refractivity contribution in [3.05, 3.63) is 51.2 Å². The number of likely N-dealkylation sites (N-methyl/N-ethyl adjacent to an activating group) is 1. The van der Waals surface area contributed by atoms with Crippen LogP contribution in [-0.2, 0) is 21.4 Å². The normalized spacial score (nSPS) is 11.8. The molecule has 0 saturated heterocycles. The molecule has 182 valence electrons. The van der Waals surface area contributed by atoms with Gasteiger partial charge in [-0.1, -0.05) is 45.4 Å². The Bertz CT molecular complexity index is 1170. The van der Waals surface area contributed by atoms with Crippen molar-refractivity contribution in [1.82, 2.24) is 13.9 Å². The minimum Gasteiger partial charge on any atom is -0.383 e. The molecular weight excluding hydrogens is 446 g/mol. The van der Waals surface area contributed by atoms with Crippen LogP contribution in [0.3, 0.4) is 0 Å². The summed E-state index contributed by atoms with van der Waals surface area (Å²) in [6.45, 7) is 5.82. The van der Waals surface area contributed by atoms with Gasteiger partial charge in [0.15, 0.2) is 5.69 Å². The first-order chi connectivity index (χ1) is 15.5. The molecule has 0 spiro atoms. The zero-order valence-corrected chi connectivity index (χ0v) is 20.4. The van der Waals surface area contributed by atoms with E-state index in [0.29, 0.717) is 19.4 Å². The maximum Gasteiger partial charge on any atom is 0.330 e. The van der Waals surface area contributed by atoms with E-state index in [0.717, 1.165) is 10.7 Å². The molecule has 3 N–H and O–H groups in total. The zero-order valence-electron chi connectivity index (χ0n) is 19.6. The lowest BCUT2D eigenvalue weighted by atomic mass is 10.1. The van der Waals surface area contributed by atoms with Gasteiger partial charge in [-0.15, -0.1) is 0 Å². The molecule has 0 aliphatic carbocycles. The number of hydrogen-bond donors (Lipinski definition) is 2. The second-order valence-corrected chi connectivity index (χ2v) is 10.3. The van der Waals surface area contributed by atoms with Crippen LogP contribution in [0.5, 0.6) is 0 Å². The van der Waals surface area contributed by atoms with Crippen molar-refractivity contribution in [2.45, 2.75) is 51.5 Å². The van der Waals surface area contributed by atoms with Gasteiger partial charge in [0.05, 0.1) is 11.4 Å². The Hall–Kier alpha value is -2.92. The molecule has 0 aliphatic rings. The summed E-state index contributed by atoms with van der Waals surface area (Å²) in [5, 5.41) is 0. The average molecular weight is 480 g/mol. The molecule has 1 aromatic heterocycles. The summed E-state index contributed by atoms with van der Waals surface area (Å²) in [5.74, 6) is -0.518. The van der Waals surface area contributed by atoms with Crippen molar-refractivity contribution < 1.29 is 13.2 Å². The quantitative estimate of drug-likeness (QED) is 0.502. The van der Waals surface area contributed by atoms with E-state index in [-0.39, 0.29) is 28.9 Å². The van der Waals surface area contributed by atoms with Crippen molar-refractivity contribution in [3.63, 3.8) is 0 Å². The number of hydrogen-bond acceptors (Lipinski definition) is 6. The minimum absolute atomic E-state index is 0.0551. The molecular formula is C22H33N5O5S. The van der Waals surface area contributed by atoms with E-state index in [1.165, 1.54) is 28.6 Å². The van der Waals surface area contributed by atoms with E-state index in [1.54, 1.807) is 18.2 Å². The molecule has 2 aromatic rings. The summed E-state index contributed by atoms with van der Waals surface area (Å²) in [5.41, 5.74) is 4.63. The maximum absolute atomic E-state index is 13.3. The predicted molar refractivity (Wildman–Crippen MR) is 129 cm³/mol. The smallest absolute Gasteiger partial charge is 0.330 e. The van der Waals surface area contributed by atoms with Crippen LogP contribution in [0, 0.1) is 5.92 Å². The van der Waals surface area contributed by atoms with E-state index in [9.17, 15) is 22.8 Å². The first kappa shape index (κ1) is 26.3. The highest BCUT2D eigenvalue weighted by Crippen LogP contribution is 2.20. The lowest BCUT2D eigenvalue weighted by molar-refractivity contribution is -0.118. The molecule has 0 saturated carbocycles. The number of unbranched alkanes of at least 4 members (excludes halogenated alkanes) is 1. The lowest BCUT2D eigenvalue weighted by Crippen LogP contribution is -2.46. The Morgan fingerprint density at radius 2 is 1.82 bits per heavy atom. The number of nitrogen functional groups attached to an aromatic ring is 1. The number of rotatable bonds is 11. The van der Waals surface area contributed by atoms with Crippen LogP contribution in [0.4, 0.5) is 11.5 Å². The van der Waals surface area contributed by atoms with Crippen LogP contribution in [0.1, 0.15) is 40.0 Å². The Morgan fingerprint density at radius 3 is 2.39 bits per heavy atom. The second-order valence-electron chi connectivity index (χ2n) is 8.30. The van der Waals surface area contributed by atoms with Gasteiger partial charge in [0.2, 0.25) is 15.9 Å². The summed E-state index contributed by atoms with van der Waals surface area (Å²) in [7, 11) is -2.61. The van der Waals surface area contributed by atoms with Gasteiger partial charge < -0.3 is 10.6 Å². The number of aromatic amines is 1. The molecule has 0 fully saturated rings. The Labute approximate surface area is 194 Å². The highest BCUT2D eigenvalue weighted by molar-refractivity contribution is 7.89. The van der Waals surface area contributed by atoms with Gasteiger partial charge in [-0.05, 0) is 30.9 Å².